The maximum atomic E-state index is 4.43. The summed E-state index contributed by atoms with van der Waals surface area (Å²) in [5, 5.41) is 13.2. The van der Waals surface area contributed by atoms with Crippen molar-refractivity contribution >= 4 is 17.7 Å². The minimum absolute atomic E-state index is 0.577. The van der Waals surface area contributed by atoms with Crippen molar-refractivity contribution < 1.29 is 0 Å². The Morgan fingerprint density at radius 1 is 1.21 bits per heavy atom. The summed E-state index contributed by atoms with van der Waals surface area (Å²) in [5.74, 6) is 2.56. The topological polar surface area (TPSA) is 58.3 Å². The first kappa shape index (κ1) is 23.3. The first-order chi connectivity index (χ1) is 14.0. The molecule has 1 aromatic heterocycles. The Balaban J connectivity index is 1.84. The minimum atomic E-state index is 0.577. The molecule has 0 aliphatic heterocycles. The number of rotatable bonds is 10. The summed E-state index contributed by atoms with van der Waals surface area (Å²) in [5.41, 5.74) is 2.66. The summed E-state index contributed by atoms with van der Waals surface area (Å²) >= 11 is 1.66. The van der Waals surface area contributed by atoms with Gasteiger partial charge < -0.3 is 14.8 Å². The molecule has 0 amide bonds. The van der Waals surface area contributed by atoms with Crippen LogP contribution >= 0.6 is 11.8 Å². The molecule has 0 aliphatic rings. The predicted molar refractivity (Wildman–Crippen MR) is 124 cm³/mol. The fraction of sp³-hybridized carbons (Fsp3) is 0.591. The number of nitrogens with one attached hydrogen (secondary N) is 1. The van der Waals surface area contributed by atoms with Crippen LogP contribution in [0.2, 0.25) is 0 Å². The number of hydrogen-bond donors (Lipinski definition) is 1. The van der Waals surface area contributed by atoms with E-state index in [1.807, 2.05) is 7.05 Å². The number of aryl methyl sites for hydroxylation is 2. The van der Waals surface area contributed by atoms with Crippen LogP contribution in [0, 0.1) is 5.92 Å². The summed E-state index contributed by atoms with van der Waals surface area (Å²) in [6.45, 7) is 9.29. The maximum absolute atomic E-state index is 4.43. The summed E-state index contributed by atoms with van der Waals surface area (Å²) in [6, 6.07) is 8.81. The Hall–Kier alpha value is -2.02. The van der Waals surface area contributed by atoms with Crippen LogP contribution < -0.4 is 5.32 Å². The van der Waals surface area contributed by atoms with Gasteiger partial charge in [0.25, 0.3) is 0 Å². The minimum Gasteiger partial charge on any atom is -0.356 e. The normalized spacial score (nSPS) is 11.9. The van der Waals surface area contributed by atoms with Crippen molar-refractivity contribution in [2.75, 3.05) is 26.9 Å². The molecule has 2 aromatic rings. The smallest absolute Gasteiger partial charge is 0.193 e. The van der Waals surface area contributed by atoms with Gasteiger partial charge in [0.2, 0.25) is 0 Å². The van der Waals surface area contributed by atoms with Gasteiger partial charge in [0.05, 0.1) is 0 Å². The van der Waals surface area contributed by atoms with Crippen molar-refractivity contribution in [2.45, 2.75) is 58.3 Å². The molecule has 1 aromatic carbocycles. The van der Waals surface area contributed by atoms with Gasteiger partial charge in [0, 0.05) is 40.2 Å². The molecule has 6 nitrogen and oxygen atoms in total. The lowest BCUT2D eigenvalue weighted by Crippen LogP contribution is -2.39. The molecule has 7 heteroatoms. The Morgan fingerprint density at radius 2 is 1.90 bits per heavy atom. The van der Waals surface area contributed by atoms with Crippen molar-refractivity contribution in [3.8, 4) is 0 Å². The lowest BCUT2D eigenvalue weighted by atomic mass is 10.1. The van der Waals surface area contributed by atoms with Crippen molar-refractivity contribution in [2.24, 2.45) is 10.9 Å². The van der Waals surface area contributed by atoms with Crippen LogP contribution in [0.25, 0.3) is 0 Å². The fourth-order valence-corrected chi connectivity index (χ4v) is 3.79. The Labute approximate surface area is 180 Å². The molecule has 0 spiro atoms. The molecule has 29 heavy (non-hydrogen) atoms. The van der Waals surface area contributed by atoms with Gasteiger partial charge in [0.15, 0.2) is 11.1 Å². The summed E-state index contributed by atoms with van der Waals surface area (Å²) in [7, 11) is 3.91. The second-order valence-corrected chi connectivity index (χ2v) is 8.48. The molecule has 0 unspecified atom stereocenters. The Morgan fingerprint density at radius 3 is 2.48 bits per heavy atom. The number of aromatic nitrogens is 3. The van der Waals surface area contributed by atoms with E-state index in [-0.39, 0.29) is 0 Å². The SMILES string of the molecule is CCc1ccc(CN(C)C(=NC)NCCCc2nnc(SC)n2CC(C)C)cc1. The van der Waals surface area contributed by atoms with Crippen molar-refractivity contribution in [1.82, 2.24) is 25.0 Å². The average molecular weight is 417 g/mol. The van der Waals surface area contributed by atoms with Crippen molar-refractivity contribution in [3.63, 3.8) is 0 Å². The first-order valence-electron chi connectivity index (χ1n) is 10.4. The van der Waals surface area contributed by atoms with E-state index in [1.54, 1.807) is 11.8 Å². The van der Waals surface area contributed by atoms with Crippen LogP contribution in [0.4, 0.5) is 0 Å². The van der Waals surface area contributed by atoms with Crippen LogP contribution in [-0.2, 0) is 25.9 Å². The highest BCUT2D eigenvalue weighted by atomic mass is 32.2. The van der Waals surface area contributed by atoms with Crippen molar-refractivity contribution in [3.05, 3.63) is 41.2 Å². The average Bonchev–Trinajstić information content (AvgIpc) is 3.09. The highest BCUT2D eigenvalue weighted by Gasteiger charge is 2.13. The zero-order valence-corrected chi connectivity index (χ0v) is 19.6. The molecule has 0 aliphatic carbocycles. The van der Waals surface area contributed by atoms with Crippen LogP contribution in [-0.4, -0.2) is 52.5 Å². The maximum Gasteiger partial charge on any atom is 0.193 e. The predicted octanol–water partition coefficient (Wildman–Crippen LogP) is 3.86. The van der Waals surface area contributed by atoms with Gasteiger partial charge in [-0.2, -0.15) is 0 Å². The first-order valence-corrected chi connectivity index (χ1v) is 11.7. The third-order valence-corrected chi connectivity index (χ3v) is 5.48. The van der Waals surface area contributed by atoms with E-state index < -0.39 is 0 Å². The van der Waals surface area contributed by atoms with Gasteiger partial charge >= 0.3 is 0 Å². The van der Waals surface area contributed by atoms with E-state index in [2.05, 4.69) is 88.3 Å². The molecular formula is C22H36N6S. The highest BCUT2D eigenvalue weighted by molar-refractivity contribution is 7.98. The monoisotopic (exact) mass is 416 g/mol. The summed E-state index contributed by atoms with van der Waals surface area (Å²) in [4.78, 5) is 6.59. The van der Waals surface area contributed by atoms with Crippen molar-refractivity contribution in [1.29, 1.82) is 0 Å². The van der Waals surface area contributed by atoms with Gasteiger partial charge in [-0.15, -0.1) is 10.2 Å². The van der Waals surface area contributed by atoms with Gasteiger partial charge in [-0.25, -0.2) is 0 Å². The van der Waals surface area contributed by atoms with E-state index in [9.17, 15) is 0 Å². The molecule has 0 radical (unpaired) electrons. The second-order valence-electron chi connectivity index (χ2n) is 7.71. The van der Waals surface area contributed by atoms with E-state index in [0.717, 1.165) is 55.8 Å². The van der Waals surface area contributed by atoms with E-state index in [4.69, 9.17) is 0 Å². The highest BCUT2D eigenvalue weighted by Crippen LogP contribution is 2.16. The lowest BCUT2D eigenvalue weighted by molar-refractivity contribution is 0.469. The van der Waals surface area contributed by atoms with Crippen LogP contribution in [0.15, 0.2) is 34.4 Å². The molecule has 0 saturated heterocycles. The Kier molecular flexibility index (Phi) is 9.51. The molecule has 2 rings (SSSR count). The number of thioether (sulfide) groups is 1. The van der Waals surface area contributed by atoms with Gasteiger partial charge in [-0.1, -0.05) is 56.8 Å². The van der Waals surface area contributed by atoms with Crippen LogP contribution in [0.5, 0.6) is 0 Å². The lowest BCUT2D eigenvalue weighted by Gasteiger charge is -2.22. The number of aliphatic imine (C=N–C) groups is 1. The summed E-state index contributed by atoms with van der Waals surface area (Å²) in [6.07, 6.45) is 5.03. The number of hydrogen-bond acceptors (Lipinski definition) is 4. The van der Waals surface area contributed by atoms with Gasteiger partial charge in [-0.3, -0.25) is 4.99 Å². The van der Waals surface area contributed by atoms with E-state index in [0.29, 0.717) is 5.92 Å². The molecule has 1 heterocycles. The van der Waals surface area contributed by atoms with Crippen LogP contribution in [0.3, 0.4) is 0 Å². The molecule has 0 atom stereocenters. The summed E-state index contributed by atoms with van der Waals surface area (Å²) < 4.78 is 2.26. The quantitative estimate of drug-likeness (QED) is 0.276. The molecule has 0 saturated carbocycles. The third kappa shape index (κ3) is 7.07. The number of nitrogens with zero attached hydrogens (tertiary/aromatic N) is 5. The molecule has 0 fully saturated rings. The number of benzene rings is 1. The Bertz CT molecular complexity index is 766. The second kappa shape index (κ2) is 11.9. The molecule has 1 N–H and O–H groups in total. The van der Waals surface area contributed by atoms with E-state index >= 15 is 0 Å². The number of guanidine groups is 1. The fourth-order valence-electron chi connectivity index (χ4n) is 3.26. The van der Waals surface area contributed by atoms with Gasteiger partial charge in [-0.05, 0) is 36.1 Å². The standard InChI is InChI=1S/C22H36N6S/c1-7-18-10-12-19(13-11-18)16-27(5)21(23-4)24-14-8-9-20-25-26-22(29-6)28(20)15-17(2)3/h10-13,17H,7-9,14-16H2,1-6H3,(H,23,24). The molecular weight excluding hydrogens is 380 g/mol. The van der Waals surface area contributed by atoms with Crippen LogP contribution in [0.1, 0.15) is 44.1 Å². The van der Waals surface area contributed by atoms with E-state index in [1.165, 1.54) is 11.1 Å². The van der Waals surface area contributed by atoms with Gasteiger partial charge in [0.1, 0.15) is 5.82 Å². The zero-order chi connectivity index (χ0) is 21.2. The third-order valence-electron chi connectivity index (χ3n) is 4.81. The largest absolute Gasteiger partial charge is 0.356 e. The molecule has 0 bridgehead atoms. The zero-order valence-electron chi connectivity index (χ0n) is 18.8. The molecule has 160 valence electrons.